The van der Waals surface area contributed by atoms with E-state index in [1.165, 1.54) is 13.3 Å². The van der Waals surface area contributed by atoms with E-state index in [0.717, 1.165) is 19.3 Å². The average molecular weight is 328 g/mol. The van der Waals surface area contributed by atoms with Gasteiger partial charge in [-0.1, -0.05) is 24.9 Å². The fraction of sp³-hybridized carbons (Fsp3) is 0.733. The van der Waals surface area contributed by atoms with E-state index in [4.69, 9.17) is 4.52 Å². The largest absolute Gasteiger partial charge is 0.361 e. The Balaban J connectivity index is 1.99. The Morgan fingerprint density at radius 2 is 2.14 bits per heavy atom. The molecule has 1 fully saturated rings. The first kappa shape index (κ1) is 17.0. The number of rotatable bonds is 5. The van der Waals surface area contributed by atoms with E-state index < -0.39 is 21.0 Å². The maximum absolute atomic E-state index is 12.3. The summed E-state index contributed by atoms with van der Waals surface area (Å²) in [5.41, 5.74) is 0.336. The molecule has 0 saturated heterocycles. The van der Waals surface area contributed by atoms with Crippen LogP contribution in [0.1, 0.15) is 51.0 Å². The van der Waals surface area contributed by atoms with Crippen LogP contribution in [0.15, 0.2) is 10.6 Å². The summed E-state index contributed by atoms with van der Waals surface area (Å²) in [6, 6.07) is 1.65. The van der Waals surface area contributed by atoms with E-state index in [2.05, 4.69) is 17.4 Å². The van der Waals surface area contributed by atoms with Crippen molar-refractivity contribution in [2.45, 2.75) is 63.5 Å². The summed E-state index contributed by atoms with van der Waals surface area (Å²) in [6.07, 6.45) is 4.24. The minimum atomic E-state index is -3.60. The molecule has 0 aliphatic heterocycles. The summed E-state index contributed by atoms with van der Waals surface area (Å²) in [4.78, 5) is 12.3. The highest BCUT2D eigenvalue weighted by molar-refractivity contribution is 7.92. The third-order valence-corrected chi connectivity index (χ3v) is 6.36. The third kappa shape index (κ3) is 4.09. The molecule has 0 unspecified atom stereocenters. The number of amides is 1. The minimum absolute atomic E-state index is 0.0770. The normalized spacial score (nSPS) is 24.0. The van der Waals surface area contributed by atoms with Gasteiger partial charge in [-0.3, -0.25) is 4.79 Å². The quantitative estimate of drug-likeness (QED) is 0.892. The number of hydrogen-bond donors (Lipinski definition) is 1. The lowest BCUT2D eigenvalue weighted by molar-refractivity contribution is -0.121. The molecule has 1 N–H and O–H groups in total. The van der Waals surface area contributed by atoms with Crippen molar-refractivity contribution in [3.8, 4) is 0 Å². The molecule has 124 valence electrons. The lowest BCUT2D eigenvalue weighted by Crippen LogP contribution is -2.47. The molecular weight excluding hydrogens is 304 g/mol. The lowest BCUT2D eigenvalue weighted by atomic mass is 9.86. The topological polar surface area (TPSA) is 89.3 Å². The molecular formula is C15H24N2O4S. The van der Waals surface area contributed by atoms with Gasteiger partial charge in [0.25, 0.3) is 0 Å². The number of hydrogen-bond acceptors (Lipinski definition) is 5. The van der Waals surface area contributed by atoms with Gasteiger partial charge >= 0.3 is 0 Å². The fourth-order valence-electron chi connectivity index (χ4n) is 2.81. The zero-order chi connectivity index (χ0) is 16.3. The highest BCUT2D eigenvalue weighted by atomic mass is 32.2. The molecule has 1 heterocycles. The second kappa shape index (κ2) is 6.81. The molecule has 1 aromatic heterocycles. The molecule has 0 aromatic carbocycles. The number of aryl methyl sites for hydroxylation is 1. The molecule has 1 amide bonds. The molecule has 1 saturated carbocycles. The van der Waals surface area contributed by atoms with Gasteiger partial charge in [0.05, 0.1) is 11.4 Å². The zero-order valence-electron chi connectivity index (χ0n) is 13.3. The van der Waals surface area contributed by atoms with Crippen LogP contribution in [0.3, 0.4) is 0 Å². The molecule has 0 spiro atoms. The standard InChI is InChI=1S/C15H24N2O4S/c1-10-6-4-5-7-14(10)16-15(18)12(3)22(19,20)9-13-8-11(2)21-17-13/h8,10,12,14H,4-7,9H2,1-3H3,(H,16,18)/t10-,12-,14+/m1/s1. The van der Waals surface area contributed by atoms with Crippen LogP contribution in [-0.4, -0.2) is 30.8 Å². The number of sulfone groups is 1. The molecule has 1 aromatic rings. The number of nitrogens with one attached hydrogen (secondary N) is 1. The first-order chi connectivity index (χ1) is 10.3. The van der Waals surface area contributed by atoms with Gasteiger partial charge in [0.2, 0.25) is 5.91 Å². The molecule has 1 aliphatic carbocycles. The Kier molecular flexibility index (Phi) is 5.26. The van der Waals surface area contributed by atoms with Gasteiger partial charge < -0.3 is 9.84 Å². The summed E-state index contributed by atoms with van der Waals surface area (Å²) in [7, 11) is -3.60. The molecule has 6 nitrogen and oxygen atoms in total. The molecule has 0 radical (unpaired) electrons. The summed E-state index contributed by atoms with van der Waals surface area (Å²) in [5.74, 6) is 0.252. The summed E-state index contributed by atoms with van der Waals surface area (Å²) in [6.45, 7) is 5.23. The van der Waals surface area contributed by atoms with Crippen LogP contribution in [0.4, 0.5) is 0 Å². The van der Waals surface area contributed by atoms with Crippen molar-refractivity contribution in [1.82, 2.24) is 10.5 Å². The minimum Gasteiger partial charge on any atom is -0.361 e. The molecule has 3 atom stereocenters. The van der Waals surface area contributed by atoms with Crippen molar-refractivity contribution in [3.63, 3.8) is 0 Å². The lowest BCUT2D eigenvalue weighted by Gasteiger charge is -2.30. The van der Waals surface area contributed by atoms with Crippen molar-refractivity contribution in [2.24, 2.45) is 5.92 Å². The van der Waals surface area contributed by atoms with Crippen LogP contribution >= 0.6 is 0 Å². The smallest absolute Gasteiger partial charge is 0.238 e. The van der Waals surface area contributed by atoms with Crippen LogP contribution in [0.2, 0.25) is 0 Å². The monoisotopic (exact) mass is 328 g/mol. The van der Waals surface area contributed by atoms with Gasteiger partial charge in [-0.2, -0.15) is 0 Å². The van der Waals surface area contributed by atoms with E-state index >= 15 is 0 Å². The maximum atomic E-state index is 12.3. The van der Waals surface area contributed by atoms with Crippen molar-refractivity contribution in [1.29, 1.82) is 0 Å². The fourth-order valence-corrected chi connectivity index (χ4v) is 4.00. The number of nitrogens with zero attached hydrogens (tertiary/aromatic N) is 1. The van der Waals surface area contributed by atoms with Crippen LogP contribution in [-0.2, 0) is 20.4 Å². The van der Waals surface area contributed by atoms with E-state index in [1.807, 2.05) is 0 Å². The third-order valence-electron chi connectivity index (χ3n) is 4.37. The highest BCUT2D eigenvalue weighted by Crippen LogP contribution is 2.24. The summed E-state index contributed by atoms with van der Waals surface area (Å²) < 4.78 is 29.5. The molecule has 0 bridgehead atoms. The average Bonchev–Trinajstić information content (AvgIpc) is 2.85. The Labute approximate surface area is 131 Å². The van der Waals surface area contributed by atoms with E-state index in [9.17, 15) is 13.2 Å². The Bertz CT molecular complexity index is 623. The summed E-state index contributed by atoms with van der Waals surface area (Å²) >= 11 is 0. The Morgan fingerprint density at radius 3 is 2.73 bits per heavy atom. The van der Waals surface area contributed by atoms with Gasteiger partial charge in [0.1, 0.15) is 11.0 Å². The van der Waals surface area contributed by atoms with Gasteiger partial charge in [-0.25, -0.2) is 8.42 Å². The molecule has 1 aliphatic rings. The summed E-state index contributed by atoms with van der Waals surface area (Å²) in [5, 5.41) is 5.50. The molecule has 22 heavy (non-hydrogen) atoms. The zero-order valence-corrected chi connectivity index (χ0v) is 14.1. The van der Waals surface area contributed by atoms with Crippen molar-refractivity contribution >= 4 is 15.7 Å². The SMILES string of the molecule is Cc1cc(CS(=O)(=O)[C@H](C)C(=O)N[C@H]2CCCC[C@H]2C)no1. The van der Waals surface area contributed by atoms with Gasteiger partial charge in [0.15, 0.2) is 9.84 Å². The maximum Gasteiger partial charge on any atom is 0.238 e. The van der Waals surface area contributed by atoms with Crippen LogP contribution in [0.5, 0.6) is 0 Å². The first-order valence-electron chi connectivity index (χ1n) is 7.73. The van der Waals surface area contributed by atoms with Crippen LogP contribution in [0, 0.1) is 12.8 Å². The van der Waals surface area contributed by atoms with Crippen molar-refractivity contribution in [2.75, 3.05) is 0 Å². The second-order valence-corrected chi connectivity index (χ2v) is 8.58. The van der Waals surface area contributed by atoms with E-state index in [1.54, 1.807) is 13.0 Å². The highest BCUT2D eigenvalue weighted by Gasteiger charge is 2.32. The predicted molar refractivity (Wildman–Crippen MR) is 82.9 cm³/mol. The first-order valence-corrected chi connectivity index (χ1v) is 9.45. The van der Waals surface area contributed by atoms with Crippen LogP contribution < -0.4 is 5.32 Å². The molecule has 2 rings (SSSR count). The predicted octanol–water partition coefficient (Wildman–Crippen LogP) is 1.98. The Hall–Kier alpha value is -1.37. The van der Waals surface area contributed by atoms with E-state index in [0.29, 0.717) is 17.4 Å². The van der Waals surface area contributed by atoms with E-state index in [-0.39, 0.29) is 11.8 Å². The number of carbonyl (C=O) groups excluding carboxylic acids is 1. The van der Waals surface area contributed by atoms with Gasteiger partial charge in [-0.05, 0) is 32.6 Å². The van der Waals surface area contributed by atoms with Crippen LogP contribution in [0.25, 0.3) is 0 Å². The van der Waals surface area contributed by atoms with Gasteiger partial charge in [-0.15, -0.1) is 0 Å². The number of carbonyl (C=O) groups is 1. The van der Waals surface area contributed by atoms with Crippen molar-refractivity contribution in [3.05, 3.63) is 17.5 Å². The van der Waals surface area contributed by atoms with Gasteiger partial charge in [0, 0.05) is 12.1 Å². The van der Waals surface area contributed by atoms with Crippen molar-refractivity contribution < 1.29 is 17.7 Å². The Morgan fingerprint density at radius 1 is 1.45 bits per heavy atom. The molecule has 7 heteroatoms. The number of aromatic nitrogens is 1. The second-order valence-electron chi connectivity index (χ2n) is 6.26.